The zero-order valence-corrected chi connectivity index (χ0v) is 9.04. The third kappa shape index (κ3) is 2.20. The van der Waals surface area contributed by atoms with Gasteiger partial charge in [-0.2, -0.15) is 5.26 Å². The highest BCUT2D eigenvalue weighted by molar-refractivity contribution is 8.17. The standard InChI is InChI=1S/C8H10N2OS2/c1-10-7(11)6-3-5(4-9)8(12-2)13-6/h3,6,8H,1-2H3,(H,10,11). The van der Waals surface area contributed by atoms with Crippen molar-refractivity contribution in [2.75, 3.05) is 13.3 Å². The zero-order chi connectivity index (χ0) is 9.84. The van der Waals surface area contributed by atoms with Crippen LogP contribution in [-0.4, -0.2) is 29.0 Å². The molecule has 3 nitrogen and oxygen atoms in total. The molecular weight excluding hydrogens is 204 g/mol. The number of carbonyl (C=O) groups excluding carboxylic acids is 1. The fraction of sp³-hybridized carbons (Fsp3) is 0.500. The van der Waals surface area contributed by atoms with Crippen molar-refractivity contribution in [1.82, 2.24) is 5.32 Å². The first-order chi connectivity index (χ1) is 6.22. The van der Waals surface area contributed by atoms with Crippen LogP contribution in [0.25, 0.3) is 0 Å². The maximum atomic E-state index is 11.2. The summed E-state index contributed by atoms with van der Waals surface area (Å²) in [6.07, 6.45) is 3.68. The van der Waals surface area contributed by atoms with Crippen LogP contribution in [0, 0.1) is 11.3 Å². The molecular formula is C8H10N2OS2. The minimum absolute atomic E-state index is 0.0331. The van der Waals surface area contributed by atoms with E-state index in [1.54, 1.807) is 24.9 Å². The van der Waals surface area contributed by atoms with E-state index in [1.165, 1.54) is 11.8 Å². The molecule has 0 aromatic heterocycles. The Morgan fingerprint density at radius 2 is 2.54 bits per heavy atom. The third-order valence-electron chi connectivity index (χ3n) is 1.70. The molecule has 0 aromatic rings. The summed E-state index contributed by atoms with van der Waals surface area (Å²) in [7, 11) is 1.61. The average Bonchev–Trinajstić information content (AvgIpc) is 2.59. The number of hydrogen-bond donors (Lipinski definition) is 1. The van der Waals surface area contributed by atoms with E-state index in [1.807, 2.05) is 6.26 Å². The van der Waals surface area contributed by atoms with Gasteiger partial charge in [-0.1, -0.05) is 0 Å². The predicted molar refractivity (Wildman–Crippen MR) is 56.4 cm³/mol. The summed E-state index contributed by atoms with van der Waals surface area (Å²) < 4.78 is 0.118. The normalized spacial score (nSPS) is 26.4. The van der Waals surface area contributed by atoms with Crippen LogP contribution in [0.5, 0.6) is 0 Å². The van der Waals surface area contributed by atoms with Gasteiger partial charge in [0.2, 0.25) is 5.91 Å². The number of thioether (sulfide) groups is 2. The molecule has 0 aliphatic carbocycles. The van der Waals surface area contributed by atoms with Gasteiger partial charge in [-0.25, -0.2) is 0 Å². The van der Waals surface area contributed by atoms with Crippen LogP contribution in [-0.2, 0) is 4.79 Å². The van der Waals surface area contributed by atoms with E-state index in [0.29, 0.717) is 5.57 Å². The van der Waals surface area contributed by atoms with Crippen LogP contribution >= 0.6 is 23.5 Å². The molecule has 0 fully saturated rings. The van der Waals surface area contributed by atoms with Gasteiger partial charge in [0.05, 0.1) is 16.2 Å². The Kier molecular flexibility index (Phi) is 3.70. The third-order valence-corrected chi connectivity index (χ3v) is 4.44. The number of amides is 1. The van der Waals surface area contributed by atoms with Crippen LogP contribution in [0.4, 0.5) is 0 Å². The van der Waals surface area contributed by atoms with Gasteiger partial charge in [0, 0.05) is 7.05 Å². The van der Waals surface area contributed by atoms with E-state index in [0.717, 1.165) is 0 Å². The quantitative estimate of drug-likeness (QED) is 0.744. The van der Waals surface area contributed by atoms with Crippen LogP contribution in [0.1, 0.15) is 0 Å². The van der Waals surface area contributed by atoms with Gasteiger partial charge in [-0.3, -0.25) is 4.79 Å². The summed E-state index contributed by atoms with van der Waals surface area (Å²) in [5, 5.41) is 11.1. The van der Waals surface area contributed by atoms with Gasteiger partial charge >= 0.3 is 0 Å². The topological polar surface area (TPSA) is 52.9 Å². The van der Waals surface area contributed by atoms with Gasteiger partial charge in [-0.05, 0) is 12.3 Å². The van der Waals surface area contributed by atoms with Crippen molar-refractivity contribution in [3.63, 3.8) is 0 Å². The van der Waals surface area contributed by atoms with Crippen molar-refractivity contribution in [3.8, 4) is 6.07 Å². The minimum atomic E-state index is -0.197. The highest BCUT2D eigenvalue weighted by atomic mass is 32.2. The molecule has 70 valence electrons. The van der Waals surface area contributed by atoms with Gasteiger partial charge in [0.15, 0.2) is 0 Å². The number of nitrogens with zero attached hydrogens (tertiary/aromatic N) is 1. The minimum Gasteiger partial charge on any atom is -0.358 e. The molecule has 1 aliphatic heterocycles. The van der Waals surface area contributed by atoms with Crippen molar-refractivity contribution in [1.29, 1.82) is 5.26 Å². The van der Waals surface area contributed by atoms with Crippen molar-refractivity contribution >= 4 is 29.4 Å². The lowest BCUT2D eigenvalue weighted by Gasteiger charge is -2.08. The summed E-state index contributed by atoms with van der Waals surface area (Å²) in [5.74, 6) is -0.0331. The van der Waals surface area contributed by atoms with E-state index in [-0.39, 0.29) is 15.7 Å². The molecule has 13 heavy (non-hydrogen) atoms. The van der Waals surface area contributed by atoms with E-state index in [4.69, 9.17) is 5.26 Å². The predicted octanol–water partition coefficient (Wildman–Crippen LogP) is 0.987. The number of rotatable bonds is 2. The number of hydrogen-bond acceptors (Lipinski definition) is 4. The fourth-order valence-electron chi connectivity index (χ4n) is 1.04. The highest BCUT2D eigenvalue weighted by Gasteiger charge is 2.30. The number of nitriles is 1. The van der Waals surface area contributed by atoms with Gasteiger partial charge in [-0.15, -0.1) is 23.5 Å². The Balaban J connectivity index is 2.73. The van der Waals surface area contributed by atoms with Gasteiger partial charge in [0.25, 0.3) is 0 Å². The Morgan fingerprint density at radius 1 is 1.85 bits per heavy atom. The highest BCUT2D eigenvalue weighted by Crippen LogP contribution is 2.38. The molecule has 0 bridgehead atoms. The largest absolute Gasteiger partial charge is 0.358 e. The summed E-state index contributed by atoms with van der Waals surface area (Å²) in [6, 6.07) is 2.11. The first-order valence-electron chi connectivity index (χ1n) is 3.74. The Bertz CT molecular complexity index is 282. The van der Waals surface area contributed by atoms with E-state index in [2.05, 4.69) is 11.4 Å². The van der Waals surface area contributed by atoms with Gasteiger partial charge < -0.3 is 5.32 Å². The monoisotopic (exact) mass is 214 g/mol. The molecule has 1 rings (SSSR count). The van der Waals surface area contributed by atoms with Crippen LogP contribution < -0.4 is 5.32 Å². The summed E-state index contributed by atoms with van der Waals surface area (Å²) >= 11 is 3.10. The Labute approximate surface area is 85.9 Å². The lowest BCUT2D eigenvalue weighted by atomic mass is 10.2. The number of nitrogens with one attached hydrogen (secondary N) is 1. The molecule has 5 heteroatoms. The van der Waals surface area contributed by atoms with Crippen molar-refractivity contribution in [2.24, 2.45) is 0 Å². The van der Waals surface area contributed by atoms with Crippen LogP contribution in [0.15, 0.2) is 11.6 Å². The summed E-state index contributed by atoms with van der Waals surface area (Å²) in [5.41, 5.74) is 0.700. The lowest BCUT2D eigenvalue weighted by Crippen LogP contribution is -2.27. The second kappa shape index (κ2) is 4.58. The van der Waals surface area contributed by atoms with Crippen molar-refractivity contribution in [2.45, 2.75) is 9.83 Å². The molecule has 2 unspecified atom stereocenters. The SMILES string of the molecule is CNC(=O)C1C=C(C#N)C(SC)S1. The Hall–Kier alpha value is -0.600. The van der Waals surface area contributed by atoms with Crippen LogP contribution in [0.2, 0.25) is 0 Å². The molecule has 0 saturated carbocycles. The molecule has 1 heterocycles. The molecule has 0 radical (unpaired) electrons. The van der Waals surface area contributed by atoms with Crippen molar-refractivity contribution < 1.29 is 4.79 Å². The molecule has 0 spiro atoms. The molecule has 1 aliphatic rings. The summed E-state index contributed by atoms with van der Waals surface area (Å²) in [6.45, 7) is 0. The molecule has 2 atom stereocenters. The van der Waals surface area contributed by atoms with E-state index >= 15 is 0 Å². The van der Waals surface area contributed by atoms with Gasteiger partial charge in [0.1, 0.15) is 5.25 Å². The fourth-order valence-corrected chi connectivity index (χ4v) is 3.24. The maximum Gasteiger partial charge on any atom is 0.236 e. The lowest BCUT2D eigenvalue weighted by molar-refractivity contribution is -0.119. The smallest absolute Gasteiger partial charge is 0.236 e. The van der Waals surface area contributed by atoms with Crippen LogP contribution in [0.3, 0.4) is 0 Å². The first kappa shape index (κ1) is 10.5. The van der Waals surface area contributed by atoms with Crippen molar-refractivity contribution in [3.05, 3.63) is 11.6 Å². The number of carbonyl (C=O) groups is 1. The maximum absolute atomic E-state index is 11.2. The molecule has 0 aromatic carbocycles. The van der Waals surface area contributed by atoms with E-state index < -0.39 is 0 Å². The summed E-state index contributed by atoms with van der Waals surface area (Å²) in [4.78, 5) is 11.2. The first-order valence-corrected chi connectivity index (χ1v) is 5.97. The van der Waals surface area contributed by atoms with E-state index in [9.17, 15) is 4.79 Å². The Morgan fingerprint density at radius 3 is 2.92 bits per heavy atom. The second-order valence-electron chi connectivity index (χ2n) is 2.47. The molecule has 0 saturated heterocycles. The second-order valence-corrected chi connectivity index (χ2v) is 4.97. The zero-order valence-electron chi connectivity index (χ0n) is 7.40. The average molecular weight is 214 g/mol. The molecule has 1 amide bonds. The molecule has 1 N–H and O–H groups in total.